The quantitative estimate of drug-likeness (QED) is 0.694. The summed E-state index contributed by atoms with van der Waals surface area (Å²) in [5.41, 5.74) is 8.53. The SMILES string of the molecule is Nc1cc(-c2ccncc2)cnc1NCCCO. The van der Waals surface area contributed by atoms with Crippen LogP contribution in [0.2, 0.25) is 0 Å². The molecule has 18 heavy (non-hydrogen) atoms. The molecule has 2 heterocycles. The molecule has 2 aromatic heterocycles. The molecule has 5 heteroatoms. The molecule has 0 saturated heterocycles. The molecular weight excluding hydrogens is 228 g/mol. The Hall–Kier alpha value is -2.14. The molecule has 0 amide bonds. The Bertz CT molecular complexity index is 502. The van der Waals surface area contributed by atoms with Crippen LogP contribution in [0.1, 0.15) is 6.42 Å². The normalized spacial score (nSPS) is 10.3. The van der Waals surface area contributed by atoms with E-state index >= 15 is 0 Å². The molecule has 0 atom stereocenters. The maximum absolute atomic E-state index is 8.71. The van der Waals surface area contributed by atoms with E-state index in [0.29, 0.717) is 24.5 Å². The average molecular weight is 244 g/mol. The van der Waals surface area contributed by atoms with Crippen molar-refractivity contribution in [3.8, 4) is 11.1 Å². The lowest BCUT2D eigenvalue weighted by Crippen LogP contribution is -2.07. The number of nitrogen functional groups attached to an aromatic ring is 1. The Balaban J connectivity index is 2.15. The van der Waals surface area contributed by atoms with Crippen LogP contribution in [0.4, 0.5) is 11.5 Å². The Kier molecular flexibility index (Phi) is 4.09. The molecule has 0 spiro atoms. The first-order valence-corrected chi connectivity index (χ1v) is 5.82. The standard InChI is InChI=1S/C13H16N4O/c14-12-8-11(10-2-5-15-6-3-10)9-17-13(12)16-4-1-7-18/h2-3,5-6,8-9,18H,1,4,7,14H2,(H,16,17). The molecule has 94 valence electrons. The zero-order valence-corrected chi connectivity index (χ0v) is 10.0. The van der Waals surface area contributed by atoms with Gasteiger partial charge in [0.05, 0.1) is 5.69 Å². The van der Waals surface area contributed by atoms with Crippen LogP contribution in [0.25, 0.3) is 11.1 Å². The van der Waals surface area contributed by atoms with Crippen LogP contribution in [-0.4, -0.2) is 28.2 Å². The molecule has 5 nitrogen and oxygen atoms in total. The average Bonchev–Trinajstić information content (AvgIpc) is 2.42. The van der Waals surface area contributed by atoms with Crippen LogP contribution in [0.5, 0.6) is 0 Å². The maximum atomic E-state index is 8.71. The summed E-state index contributed by atoms with van der Waals surface area (Å²) in [4.78, 5) is 8.26. The lowest BCUT2D eigenvalue weighted by molar-refractivity contribution is 0.292. The third kappa shape index (κ3) is 2.95. The first-order valence-electron chi connectivity index (χ1n) is 5.82. The monoisotopic (exact) mass is 244 g/mol. The summed E-state index contributed by atoms with van der Waals surface area (Å²) in [6.45, 7) is 0.810. The van der Waals surface area contributed by atoms with Crippen molar-refractivity contribution < 1.29 is 5.11 Å². The molecule has 4 N–H and O–H groups in total. The topological polar surface area (TPSA) is 84.1 Å². The van der Waals surface area contributed by atoms with Crippen LogP contribution < -0.4 is 11.1 Å². The number of anilines is 2. The number of aromatic nitrogens is 2. The van der Waals surface area contributed by atoms with Crippen LogP contribution in [0, 0.1) is 0 Å². The fourth-order valence-corrected chi connectivity index (χ4v) is 1.62. The first-order chi connectivity index (χ1) is 8.81. The Morgan fingerprint density at radius 2 is 2.00 bits per heavy atom. The molecule has 2 aromatic rings. The van der Waals surface area contributed by atoms with Gasteiger partial charge in [-0.25, -0.2) is 4.98 Å². The number of aliphatic hydroxyl groups excluding tert-OH is 1. The highest BCUT2D eigenvalue weighted by atomic mass is 16.3. The smallest absolute Gasteiger partial charge is 0.149 e. The van der Waals surface area contributed by atoms with E-state index in [1.807, 2.05) is 18.2 Å². The Morgan fingerprint density at radius 3 is 2.67 bits per heavy atom. The second-order valence-electron chi connectivity index (χ2n) is 3.90. The summed E-state index contributed by atoms with van der Waals surface area (Å²) in [5.74, 6) is 0.654. The Morgan fingerprint density at radius 1 is 1.22 bits per heavy atom. The minimum Gasteiger partial charge on any atom is -0.396 e. The molecule has 0 fully saturated rings. The van der Waals surface area contributed by atoms with Gasteiger partial charge in [0.1, 0.15) is 5.82 Å². The third-order valence-electron chi connectivity index (χ3n) is 2.56. The molecule has 0 radical (unpaired) electrons. The van der Waals surface area contributed by atoms with Crippen molar-refractivity contribution in [1.29, 1.82) is 0 Å². The predicted molar refractivity (Wildman–Crippen MR) is 72.1 cm³/mol. The summed E-state index contributed by atoms with van der Waals surface area (Å²) in [7, 11) is 0. The summed E-state index contributed by atoms with van der Waals surface area (Å²) < 4.78 is 0. The van der Waals surface area contributed by atoms with E-state index in [4.69, 9.17) is 10.8 Å². The molecule has 0 aromatic carbocycles. The van der Waals surface area contributed by atoms with Gasteiger partial charge in [0.2, 0.25) is 0 Å². The van der Waals surface area contributed by atoms with E-state index in [0.717, 1.165) is 11.1 Å². The summed E-state index contributed by atoms with van der Waals surface area (Å²) in [5, 5.41) is 11.8. The summed E-state index contributed by atoms with van der Waals surface area (Å²) >= 11 is 0. The summed E-state index contributed by atoms with van der Waals surface area (Å²) in [6.07, 6.45) is 5.91. The van der Waals surface area contributed by atoms with Crippen molar-refractivity contribution in [3.63, 3.8) is 0 Å². The maximum Gasteiger partial charge on any atom is 0.149 e. The molecule has 0 aliphatic heterocycles. The van der Waals surface area contributed by atoms with Crippen molar-refractivity contribution in [1.82, 2.24) is 9.97 Å². The van der Waals surface area contributed by atoms with Gasteiger partial charge in [-0.1, -0.05) is 0 Å². The third-order valence-corrected chi connectivity index (χ3v) is 2.56. The highest BCUT2D eigenvalue weighted by Crippen LogP contribution is 2.23. The van der Waals surface area contributed by atoms with Gasteiger partial charge in [-0.2, -0.15) is 0 Å². The van der Waals surface area contributed by atoms with E-state index in [1.165, 1.54) is 0 Å². The number of rotatable bonds is 5. The lowest BCUT2D eigenvalue weighted by Gasteiger charge is -2.09. The highest BCUT2D eigenvalue weighted by Gasteiger charge is 2.03. The van der Waals surface area contributed by atoms with Crippen molar-refractivity contribution in [3.05, 3.63) is 36.8 Å². The number of nitrogens with zero attached hydrogens (tertiary/aromatic N) is 2. The van der Waals surface area contributed by atoms with Gasteiger partial charge >= 0.3 is 0 Å². The van der Waals surface area contributed by atoms with E-state index in [-0.39, 0.29) is 6.61 Å². The molecule has 0 bridgehead atoms. The first kappa shape index (κ1) is 12.3. The van der Waals surface area contributed by atoms with Gasteiger partial charge in [0, 0.05) is 37.3 Å². The minimum absolute atomic E-state index is 0.155. The van der Waals surface area contributed by atoms with Gasteiger partial charge in [-0.15, -0.1) is 0 Å². The van der Waals surface area contributed by atoms with Crippen LogP contribution in [0.3, 0.4) is 0 Å². The molecule has 0 aliphatic rings. The fourth-order valence-electron chi connectivity index (χ4n) is 1.62. The minimum atomic E-state index is 0.155. The van der Waals surface area contributed by atoms with Crippen molar-refractivity contribution in [2.75, 3.05) is 24.2 Å². The van der Waals surface area contributed by atoms with Crippen molar-refractivity contribution in [2.24, 2.45) is 0 Å². The zero-order valence-electron chi connectivity index (χ0n) is 10.0. The van der Waals surface area contributed by atoms with Crippen LogP contribution in [-0.2, 0) is 0 Å². The Labute approximate surface area is 106 Å². The van der Waals surface area contributed by atoms with Crippen molar-refractivity contribution >= 4 is 11.5 Å². The molecular formula is C13H16N4O. The van der Waals surface area contributed by atoms with Gasteiger partial charge in [0.25, 0.3) is 0 Å². The van der Waals surface area contributed by atoms with Crippen LogP contribution >= 0.6 is 0 Å². The van der Waals surface area contributed by atoms with Gasteiger partial charge in [0.15, 0.2) is 0 Å². The van der Waals surface area contributed by atoms with Gasteiger partial charge in [-0.05, 0) is 30.2 Å². The number of pyridine rings is 2. The zero-order chi connectivity index (χ0) is 12.8. The van der Waals surface area contributed by atoms with Crippen molar-refractivity contribution in [2.45, 2.75) is 6.42 Å². The fraction of sp³-hybridized carbons (Fsp3) is 0.231. The molecule has 2 rings (SSSR count). The molecule has 0 aliphatic carbocycles. The summed E-state index contributed by atoms with van der Waals surface area (Å²) in [6, 6.07) is 5.70. The van der Waals surface area contributed by atoms with Crippen LogP contribution in [0.15, 0.2) is 36.8 Å². The largest absolute Gasteiger partial charge is 0.396 e. The van der Waals surface area contributed by atoms with E-state index < -0.39 is 0 Å². The van der Waals surface area contributed by atoms with E-state index in [1.54, 1.807) is 18.6 Å². The second kappa shape index (κ2) is 5.97. The molecule has 0 saturated carbocycles. The second-order valence-corrected chi connectivity index (χ2v) is 3.90. The van der Waals surface area contributed by atoms with E-state index in [2.05, 4.69) is 15.3 Å². The highest BCUT2D eigenvalue weighted by molar-refractivity contribution is 5.72. The lowest BCUT2D eigenvalue weighted by atomic mass is 10.1. The number of hydrogen-bond donors (Lipinski definition) is 3. The number of nitrogens with one attached hydrogen (secondary N) is 1. The van der Waals surface area contributed by atoms with E-state index in [9.17, 15) is 0 Å². The predicted octanol–water partition coefficient (Wildman–Crippen LogP) is 1.52. The van der Waals surface area contributed by atoms with Gasteiger partial charge in [-0.3, -0.25) is 4.98 Å². The van der Waals surface area contributed by atoms with Gasteiger partial charge < -0.3 is 16.2 Å². The number of hydrogen-bond acceptors (Lipinski definition) is 5. The molecule has 0 unspecified atom stereocenters. The number of aliphatic hydroxyl groups is 1. The number of nitrogens with two attached hydrogens (primary N) is 1.